The van der Waals surface area contributed by atoms with Crippen LogP contribution in [0.2, 0.25) is 0 Å². The number of hydrogen-bond acceptors (Lipinski definition) is 3. The van der Waals surface area contributed by atoms with Crippen LogP contribution in [-0.2, 0) is 23.1 Å². The van der Waals surface area contributed by atoms with E-state index in [1.807, 2.05) is 20.9 Å². The highest BCUT2D eigenvalue weighted by Gasteiger charge is 2.18. The minimum atomic E-state index is -0.765. The molecule has 0 saturated heterocycles. The van der Waals surface area contributed by atoms with Gasteiger partial charge in [0.15, 0.2) is 0 Å². The SMILES string of the molecule is Cc1ccc(NC(=O)[C@H](C)NC(=O)CCc2c(C)nn(C)c2C)c(F)c1. The van der Waals surface area contributed by atoms with E-state index in [4.69, 9.17) is 0 Å². The summed E-state index contributed by atoms with van der Waals surface area (Å²) in [5.74, 6) is -1.20. The zero-order chi connectivity index (χ0) is 19.4. The quantitative estimate of drug-likeness (QED) is 0.831. The minimum Gasteiger partial charge on any atom is -0.345 e. The Balaban J connectivity index is 1.88. The third-order valence-electron chi connectivity index (χ3n) is 4.41. The molecule has 2 aromatic rings. The van der Waals surface area contributed by atoms with E-state index in [1.54, 1.807) is 24.6 Å². The van der Waals surface area contributed by atoms with Gasteiger partial charge in [0, 0.05) is 19.2 Å². The highest BCUT2D eigenvalue weighted by molar-refractivity contribution is 5.97. The minimum absolute atomic E-state index is 0.100. The molecule has 1 atom stereocenters. The second-order valence-electron chi connectivity index (χ2n) is 6.53. The molecule has 0 bridgehead atoms. The van der Waals surface area contributed by atoms with Crippen molar-refractivity contribution in [2.75, 3.05) is 5.32 Å². The molecule has 0 aliphatic carbocycles. The molecule has 1 aromatic heterocycles. The van der Waals surface area contributed by atoms with Crippen molar-refractivity contribution < 1.29 is 14.0 Å². The van der Waals surface area contributed by atoms with Crippen LogP contribution in [0.15, 0.2) is 18.2 Å². The number of amides is 2. The van der Waals surface area contributed by atoms with Gasteiger partial charge in [-0.05, 0) is 57.4 Å². The molecule has 2 rings (SSSR count). The summed E-state index contributed by atoms with van der Waals surface area (Å²) in [4.78, 5) is 24.3. The molecule has 1 heterocycles. The maximum absolute atomic E-state index is 13.8. The Labute approximate surface area is 152 Å². The zero-order valence-electron chi connectivity index (χ0n) is 15.8. The fourth-order valence-electron chi connectivity index (χ4n) is 2.76. The van der Waals surface area contributed by atoms with Crippen LogP contribution in [0, 0.1) is 26.6 Å². The van der Waals surface area contributed by atoms with E-state index in [1.165, 1.54) is 12.1 Å². The van der Waals surface area contributed by atoms with Gasteiger partial charge in [-0.25, -0.2) is 4.39 Å². The van der Waals surface area contributed by atoms with Crippen molar-refractivity contribution >= 4 is 17.5 Å². The molecule has 26 heavy (non-hydrogen) atoms. The van der Waals surface area contributed by atoms with Crippen molar-refractivity contribution in [3.05, 3.63) is 46.5 Å². The zero-order valence-corrected chi connectivity index (χ0v) is 15.8. The number of rotatable bonds is 6. The summed E-state index contributed by atoms with van der Waals surface area (Å²) in [6.45, 7) is 7.20. The fourth-order valence-corrected chi connectivity index (χ4v) is 2.76. The maximum atomic E-state index is 13.8. The van der Waals surface area contributed by atoms with Gasteiger partial charge in [0.05, 0.1) is 11.4 Å². The smallest absolute Gasteiger partial charge is 0.246 e. The fraction of sp³-hybridized carbons (Fsp3) is 0.421. The normalized spacial score (nSPS) is 11.9. The number of hydrogen-bond donors (Lipinski definition) is 2. The molecule has 0 spiro atoms. The second-order valence-corrected chi connectivity index (χ2v) is 6.53. The monoisotopic (exact) mass is 360 g/mol. The van der Waals surface area contributed by atoms with Gasteiger partial charge in [-0.2, -0.15) is 5.10 Å². The summed E-state index contributed by atoms with van der Waals surface area (Å²) in [6, 6.07) is 3.79. The van der Waals surface area contributed by atoms with E-state index in [0.717, 1.165) is 22.5 Å². The number of nitrogens with one attached hydrogen (secondary N) is 2. The predicted molar refractivity (Wildman–Crippen MR) is 98.4 cm³/mol. The van der Waals surface area contributed by atoms with Crippen LogP contribution in [-0.4, -0.2) is 27.6 Å². The van der Waals surface area contributed by atoms with E-state index in [0.29, 0.717) is 6.42 Å². The topological polar surface area (TPSA) is 76.0 Å². The molecule has 140 valence electrons. The first-order chi connectivity index (χ1) is 12.2. The Kier molecular flexibility index (Phi) is 6.13. The van der Waals surface area contributed by atoms with Gasteiger partial charge in [0.25, 0.3) is 0 Å². The van der Waals surface area contributed by atoms with Gasteiger partial charge in [-0.1, -0.05) is 6.07 Å². The van der Waals surface area contributed by atoms with Crippen LogP contribution in [0.5, 0.6) is 0 Å². The van der Waals surface area contributed by atoms with E-state index >= 15 is 0 Å². The molecule has 0 unspecified atom stereocenters. The summed E-state index contributed by atoms with van der Waals surface area (Å²) in [5.41, 5.74) is 3.84. The molecular weight excluding hydrogens is 335 g/mol. The van der Waals surface area contributed by atoms with Gasteiger partial charge in [0.1, 0.15) is 11.9 Å². The van der Waals surface area contributed by atoms with Crippen LogP contribution in [0.25, 0.3) is 0 Å². The molecule has 0 aliphatic rings. The Morgan fingerprint density at radius 3 is 2.54 bits per heavy atom. The number of anilines is 1. The Hall–Kier alpha value is -2.70. The van der Waals surface area contributed by atoms with Crippen molar-refractivity contribution in [1.29, 1.82) is 0 Å². The van der Waals surface area contributed by atoms with Gasteiger partial charge in [-0.15, -0.1) is 0 Å². The van der Waals surface area contributed by atoms with Gasteiger partial charge >= 0.3 is 0 Å². The summed E-state index contributed by atoms with van der Waals surface area (Å²) < 4.78 is 15.6. The van der Waals surface area contributed by atoms with E-state index in [9.17, 15) is 14.0 Å². The third-order valence-corrected chi connectivity index (χ3v) is 4.41. The summed E-state index contributed by atoms with van der Waals surface area (Å²) in [6.07, 6.45) is 0.808. The average molecular weight is 360 g/mol. The first-order valence-corrected chi connectivity index (χ1v) is 8.54. The summed E-state index contributed by atoms with van der Waals surface area (Å²) in [7, 11) is 1.86. The summed E-state index contributed by atoms with van der Waals surface area (Å²) >= 11 is 0. The molecule has 6 nitrogen and oxygen atoms in total. The molecule has 0 fully saturated rings. The van der Waals surface area contributed by atoms with Crippen LogP contribution in [0.3, 0.4) is 0 Å². The Morgan fingerprint density at radius 2 is 1.96 bits per heavy atom. The maximum Gasteiger partial charge on any atom is 0.246 e. The van der Waals surface area contributed by atoms with E-state index < -0.39 is 17.8 Å². The predicted octanol–water partition coefficient (Wildman–Crippen LogP) is 2.56. The first-order valence-electron chi connectivity index (χ1n) is 8.54. The number of carbonyl (C=O) groups excluding carboxylic acids is 2. The largest absolute Gasteiger partial charge is 0.345 e. The van der Waals surface area contributed by atoms with Crippen molar-refractivity contribution in [3.63, 3.8) is 0 Å². The molecule has 2 N–H and O–H groups in total. The first kappa shape index (κ1) is 19.6. The molecule has 1 aromatic carbocycles. The van der Waals surface area contributed by atoms with E-state index in [-0.39, 0.29) is 18.0 Å². The second kappa shape index (κ2) is 8.12. The van der Waals surface area contributed by atoms with Crippen LogP contribution < -0.4 is 10.6 Å². The number of nitrogens with zero attached hydrogens (tertiary/aromatic N) is 2. The van der Waals surface area contributed by atoms with E-state index in [2.05, 4.69) is 15.7 Å². The molecule has 7 heteroatoms. The van der Waals surface area contributed by atoms with Crippen LogP contribution >= 0.6 is 0 Å². The number of aryl methyl sites for hydroxylation is 3. The van der Waals surface area contributed by atoms with Gasteiger partial charge in [0.2, 0.25) is 11.8 Å². The lowest BCUT2D eigenvalue weighted by atomic mass is 10.1. The average Bonchev–Trinajstić information content (AvgIpc) is 2.80. The van der Waals surface area contributed by atoms with Crippen molar-refractivity contribution in [2.45, 2.75) is 46.6 Å². The lowest BCUT2D eigenvalue weighted by molar-refractivity contribution is -0.126. The number of carbonyl (C=O) groups is 2. The molecule has 2 amide bonds. The number of benzene rings is 1. The van der Waals surface area contributed by atoms with Crippen LogP contribution in [0.4, 0.5) is 10.1 Å². The lowest BCUT2D eigenvalue weighted by Gasteiger charge is -2.15. The van der Waals surface area contributed by atoms with Crippen molar-refractivity contribution in [2.24, 2.45) is 7.05 Å². The number of halogens is 1. The highest BCUT2D eigenvalue weighted by atomic mass is 19.1. The molecule has 0 aliphatic heterocycles. The van der Waals surface area contributed by atoms with Crippen LogP contribution in [0.1, 0.15) is 35.9 Å². The Bertz CT molecular complexity index is 829. The summed E-state index contributed by atoms with van der Waals surface area (Å²) in [5, 5.41) is 9.47. The number of aromatic nitrogens is 2. The third kappa shape index (κ3) is 4.68. The van der Waals surface area contributed by atoms with Gasteiger partial charge < -0.3 is 10.6 Å². The van der Waals surface area contributed by atoms with Gasteiger partial charge in [-0.3, -0.25) is 14.3 Å². The molecule has 0 saturated carbocycles. The lowest BCUT2D eigenvalue weighted by Crippen LogP contribution is -2.41. The molecule has 0 radical (unpaired) electrons. The standard InChI is InChI=1S/C19H25FN4O2/c1-11-6-8-17(16(20)10-11)22-19(26)13(3)21-18(25)9-7-15-12(2)23-24(5)14(15)4/h6,8,10,13H,7,9H2,1-5H3,(H,21,25)(H,22,26)/t13-/m0/s1. The van der Waals surface area contributed by atoms with Crippen molar-refractivity contribution in [1.82, 2.24) is 15.1 Å². The highest BCUT2D eigenvalue weighted by Crippen LogP contribution is 2.16. The molecular formula is C19H25FN4O2. The Morgan fingerprint density at radius 1 is 1.27 bits per heavy atom. The van der Waals surface area contributed by atoms with Crippen molar-refractivity contribution in [3.8, 4) is 0 Å².